The Balaban J connectivity index is 0.818. The second-order valence-electron chi connectivity index (χ2n) is 15.1. The highest BCUT2D eigenvalue weighted by molar-refractivity contribution is 6.05. The van der Waals surface area contributed by atoms with Crippen LogP contribution in [0.15, 0.2) is 48.7 Å². The number of carbonyl (C=O) groups excluding carboxylic acids is 3. The Hall–Kier alpha value is -5.97. The molecule has 3 fully saturated rings. The normalized spacial score (nSPS) is 23.4. The van der Waals surface area contributed by atoms with E-state index in [2.05, 4.69) is 35.6 Å². The van der Waals surface area contributed by atoms with Crippen molar-refractivity contribution >= 4 is 34.9 Å². The van der Waals surface area contributed by atoms with Crippen molar-refractivity contribution in [1.29, 1.82) is 0 Å². The maximum atomic E-state index is 14.9. The van der Waals surface area contributed by atoms with Crippen LogP contribution >= 0.6 is 0 Å². The van der Waals surface area contributed by atoms with Gasteiger partial charge in [-0.15, -0.1) is 10.2 Å². The zero-order valence-corrected chi connectivity index (χ0v) is 30.7. The lowest BCUT2D eigenvalue weighted by Crippen LogP contribution is -2.54. The fourth-order valence-electron chi connectivity index (χ4n) is 8.59. The molecule has 3 unspecified atom stereocenters. The van der Waals surface area contributed by atoms with E-state index in [9.17, 15) is 28.3 Å². The van der Waals surface area contributed by atoms with Gasteiger partial charge in [-0.3, -0.25) is 24.6 Å². The van der Waals surface area contributed by atoms with Crippen LogP contribution in [0, 0.1) is 12.7 Å². The summed E-state index contributed by atoms with van der Waals surface area (Å²) in [6, 6.07) is 11.1. The van der Waals surface area contributed by atoms with E-state index in [1.165, 1.54) is 6.07 Å². The summed E-state index contributed by atoms with van der Waals surface area (Å²) < 4.78 is 35.4. The summed E-state index contributed by atoms with van der Waals surface area (Å²) >= 11 is 0. The van der Waals surface area contributed by atoms with Crippen molar-refractivity contribution in [2.75, 3.05) is 61.1 Å². The van der Waals surface area contributed by atoms with E-state index in [1.807, 2.05) is 30.0 Å². The van der Waals surface area contributed by atoms with Crippen molar-refractivity contribution in [2.24, 2.45) is 0 Å². The Morgan fingerprint density at radius 2 is 1.89 bits per heavy atom. The standard InChI is InChI=1S/C39H40F2N10O5/c1-22-37(56-26-15-39(20-40)21-43-35-32(51(39)19-26)14-30(46-47-35)27-3-2-4-29(41)34(27)53)42-16-24(44-22)18-48-9-11-49(12-10-48)25-6-5-23-17-50(38(55)28(23)13-25)31-7-8-33(52)45-36(31)54/h2-6,13-14,16,26,31,53H,7-12,15,17-21H2,1H3,(H,43,47)(H,45,52,54). The van der Waals surface area contributed by atoms with E-state index >= 15 is 0 Å². The van der Waals surface area contributed by atoms with Crippen LogP contribution in [0.5, 0.6) is 11.6 Å². The number of imide groups is 1. The maximum Gasteiger partial charge on any atom is 0.255 e. The molecule has 0 aliphatic carbocycles. The number of halogens is 2. The minimum atomic E-state index is -0.906. The van der Waals surface area contributed by atoms with Crippen molar-refractivity contribution < 1.29 is 33.0 Å². The van der Waals surface area contributed by atoms with Gasteiger partial charge in [-0.25, -0.2) is 18.7 Å². The number of rotatable bonds is 8. The summed E-state index contributed by atoms with van der Waals surface area (Å²) in [6.07, 6.45) is 2.24. The van der Waals surface area contributed by atoms with Crippen LogP contribution in [-0.2, 0) is 22.7 Å². The fraction of sp³-hybridized carbons (Fsp3) is 0.410. The molecule has 3 amide bonds. The van der Waals surface area contributed by atoms with Crippen molar-refractivity contribution in [3.05, 3.63) is 77.0 Å². The first-order chi connectivity index (χ1) is 27.1. The van der Waals surface area contributed by atoms with Crippen LogP contribution < -0.4 is 25.2 Å². The second kappa shape index (κ2) is 14.0. The van der Waals surface area contributed by atoms with E-state index in [0.29, 0.717) is 67.7 Å². The number of aromatic nitrogens is 4. The average molecular weight is 767 g/mol. The Kier molecular flexibility index (Phi) is 8.90. The van der Waals surface area contributed by atoms with Crippen molar-refractivity contribution in [3.63, 3.8) is 0 Å². The Labute approximate surface area is 320 Å². The van der Waals surface area contributed by atoms with Gasteiger partial charge in [-0.2, -0.15) is 0 Å². The number of phenolic OH excluding ortho intramolecular Hbond substituents is 1. The summed E-state index contributed by atoms with van der Waals surface area (Å²) in [7, 11) is 0. The van der Waals surface area contributed by atoms with Gasteiger partial charge in [0.25, 0.3) is 5.91 Å². The minimum Gasteiger partial charge on any atom is -0.504 e. The number of amides is 3. The number of phenols is 1. The van der Waals surface area contributed by atoms with Crippen LogP contribution in [-0.4, -0.2) is 116 Å². The van der Waals surface area contributed by atoms with Gasteiger partial charge in [0, 0.05) is 75.5 Å². The van der Waals surface area contributed by atoms with Crippen LogP contribution in [0.3, 0.4) is 0 Å². The number of aryl methyl sites for hydroxylation is 1. The quantitative estimate of drug-likeness (QED) is 0.224. The molecule has 2 aromatic carbocycles. The number of nitrogens with zero attached hydrogens (tertiary/aromatic N) is 8. The first kappa shape index (κ1) is 35.7. The Morgan fingerprint density at radius 1 is 1.05 bits per heavy atom. The largest absolute Gasteiger partial charge is 0.504 e. The molecule has 4 aromatic rings. The maximum absolute atomic E-state index is 14.9. The first-order valence-electron chi connectivity index (χ1n) is 18.8. The third kappa shape index (κ3) is 6.28. The molecule has 3 N–H and O–H groups in total. The van der Waals surface area contributed by atoms with Gasteiger partial charge in [0.2, 0.25) is 17.7 Å². The van der Waals surface area contributed by atoms with Gasteiger partial charge in [0.1, 0.15) is 18.8 Å². The smallest absolute Gasteiger partial charge is 0.255 e. The second-order valence-corrected chi connectivity index (χ2v) is 15.1. The minimum absolute atomic E-state index is 0.183. The third-order valence-corrected chi connectivity index (χ3v) is 11.6. The third-order valence-electron chi connectivity index (χ3n) is 11.6. The highest BCUT2D eigenvalue weighted by Crippen LogP contribution is 2.44. The molecule has 0 radical (unpaired) electrons. The molecule has 5 aliphatic heterocycles. The molecular weight excluding hydrogens is 726 g/mol. The Bertz CT molecular complexity index is 2250. The van der Waals surface area contributed by atoms with Crippen molar-refractivity contribution in [2.45, 2.75) is 57.0 Å². The molecule has 7 heterocycles. The average Bonchev–Trinajstić information content (AvgIpc) is 3.74. The molecule has 2 aromatic heterocycles. The number of aromatic hydroxyl groups is 1. The van der Waals surface area contributed by atoms with Crippen molar-refractivity contribution in [3.8, 4) is 22.9 Å². The highest BCUT2D eigenvalue weighted by Gasteiger charge is 2.50. The number of nitrogens with one attached hydrogen (secondary N) is 2. The number of piperidine rings is 1. The molecule has 0 spiro atoms. The number of piperazine rings is 1. The van der Waals surface area contributed by atoms with Gasteiger partial charge in [0.05, 0.1) is 41.0 Å². The zero-order chi connectivity index (χ0) is 38.7. The molecule has 290 valence electrons. The Morgan fingerprint density at radius 3 is 2.68 bits per heavy atom. The lowest BCUT2D eigenvalue weighted by Gasteiger charge is -2.42. The number of carbonyl (C=O) groups is 3. The summed E-state index contributed by atoms with van der Waals surface area (Å²) in [4.78, 5) is 54.9. The predicted molar refractivity (Wildman–Crippen MR) is 199 cm³/mol. The van der Waals surface area contributed by atoms with Crippen LogP contribution in [0.4, 0.5) is 26.0 Å². The number of ether oxygens (including phenoxy) is 1. The summed E-state index contributed by atoms with van der Waals surface area (Å²) in [6.45, 7) is 5.84. The molecule has 17 heteroatoms. The molecule has 0 saturated carbocycles. The van der Waals surface area contributed by atoms with E-state index < -0.39 is 41.8 Å². The lowest BCUT2D eigenvalue weighted by molar-refractivity contribution is -0.136. The molecular formula is C39H40F2N10O5. The monoisotopic (exact) mass is 766 g/mol. The summed E-state index contributed by atoms with van der Waals surface area (Å²) in [5.74, 6) is -1.35. The number of fused-ring (bicyclic) bond motifs is 4. The highest BCUT2D eigenvalue weighted by atomic mass is 19.1. The molecule has 15 nitrogen and oxygen atoms in total. The van der Waals surface area contributed by atoms with Gasteiger partial charge >= 0.3 is 0 Å². The molecule has 0 bridgehead atoms. The molecule has 3 atom stereocenters. The SMILES string of the molecule is Cc1nc(CN2CCN(c3ccc4c(c3)C(=O)N(C3CCC(=O)NC3=O)C4)CC2)cnc1OC1CN2c3cc(-c4cccc(F)c4O)nnc3NCC2(CF)C1. The molecule has 3 saturated heterocycles. The zero-order valence-electron chi connectivity index (χ0n) is 30.7. The van der Waals surface area contributed by atoms with Crippen LogP contribution in [0.25, 0.3) is 11.3 Å². The van der Waals surface area contributed by atoms with Gasteiger partial charge in [-0.1, -0.05) is 12.1 Å². The van der Waals surface area contributed by atoms with Crippen molar-refractivity contribution in [1.82, 2.24) is 35.3 Å². The number of benzene rings is 2. The number of alkyl halides is 1. The van der Waals surface area contributed by atoms with E-state index in [4.69, 9.17) is 9.72 Å². The molecule has 5 aliphatic rings. The topological polar surface area (TPSA) is 169 Å². The summed E-state index contributed by atoms with van der Waals surface area (Å²) in [5.41, 5.74) is 4.00. The predicted octanol–water partition coefficient (Wildman–Crippen LogP) is 2.96. The van der Waals surface area contributed by atoms with Gasteiger partial charge in [-0.05, 0) is 49.2 Å². The van der Waals surface area contributed by atoms with E-state index in [-0.39, 0.29) is 29.5 Å². The van der Waals surface area contributed by atoms with Crippen LogP contribution in [0.1, 0.15) is 46.6 Å². The van der Waals surface area contributed by atoms with E-state index in [1.54, 1.807) is 23.2 Å². The van der Waals surface area contributed by atoms with Gasteiger partial charge < -0.3 is 29.9 Å². The van der Waals surface area contributed by atoms with Gasteiger partial charge in [0.15, 0.2) is 17.4 Å². The number of hydrogen-bond donors (Lipinski definition) is 3. The summed E-state index contributed by atoms with van der Waals surface area (Å²) in [5, 5.41) is 24.3. The van der Waals surface area contributed by atoms with Crippen LogP contribution in [0.2, 0.25) is 0 Å². The molecule has 9 rings (SSSR count). The molecule has 56 heavy (non-hydrogen) atoms. The number of anilines is 3. The fourth-order valence-corrected chi connectivity index (χ4v) is 8.59. The van der Waals surface area contributed by atoms with E-state index in [0.717, 1.165) is 49.2 Å². The number of para-hydroxylation sites is 1. The lowest BCUT2D eigenvalue weighted by atomic mass is 9.94. The first-order valence-corrected chi connectivity index (χ1v) is 18.8. The number of hydrogen-bond acceptors (Lipinski definition) is 13.